The monoisotopic (exact) mass is 279 g/mol. The van der Waals surface area contributed by atoms with E-state index in [4.69, 9.17) is 15.2 Å². The molecule has 1 heterocycles. The Hall–Kier alpha value is -1.56. The molecule has 102 valence electrons. The van der Waals surface area contributed by atoms with Gasteiger partial charge in [0, 0.05) is 10.6 Å². The fourth-order valence-corrected chi connectivity index (χ4v) is 2.14. The molecule has 0 spiro atoms. The lowest BCUT2D eigenvalue weighted by molar-refractivity contribution is 0.00625. The molecule has 1 aromatic carbocycles. The van der Waals surface area contributed by atoms with Gasteiger partial charge in [-0.1, -0.05) is 6.07 Å². The van der Waals surface area contributed by atoms with Gasteiger partial charge >= 0.3 is 0 Å². The summed E-state index contributed by atoms with van der Waals surface area (Å²) < 4.78 is 10.8. The highest BCUT2D eigenvalue weighted by Gasteiger charge is 2.06. The molecule has 0 aliphatic carbocycles. The van der Waals surface area contributed by atoms with Crippen molar-refractivity contribution in [2.24, 2.45) is 0 Å². The summed E-state index contributed by atoms with van der Waals surface area (Å²) in [5, 5.41) is 11.7. The van der Waals surface area contributed by atoms with Gasteiger partial charge in [0.2, 0.25) is 0 Å². The lowest BCUT2D eigenvalue weighted by atomic mass is 10.3. The van der Waals surface area contributed by atoms with Crippen LogP contribution in [0, 0.1) is 0 Å². The third-order valence-corrected chi connectivity index (χ3v) is 3.31. The van der Waals surface area contributed by atoms with E-state index in [9.17, 15) is 5.11 Å². The second-order valence-corrected chi connectivity index (χ2v) is 5.16. The first kappa shape index (κ1) is 13.9. The van der Waals surface area contributed by atoms with Crippen molar-refractivity contribution >= 4 is 17.0 Å². The number of thiophene rings is 1. The van der Waals surface area contributed by atoms with Gasteiger partial charge in [-0.05, 0) is 35.7 Å². The number of hydrogen-bond donors (Lipinski definition) is 2. The highest BCUT2D eigenvalue weighted by atomic mass is 32.1. The van der Waals surface area contributed by atoms with Gasteiger partial charge in [-0.2, -0.15) is 0 Å². The van der Waals surface area contributed by atoms with Crippen molar-refractivity contribution in [1.82, 2.24) is 0 Å². The Labute approximate surface area is 116 Å². The number of aliphatic hydroxyl groups excluding tert-OH is 1. The smallest absolute Gasteiger partial charge is 0.119 e. The minimum atomic E-state index is -0.641. The molecule has 0 radical (unpaired) electrons. The highest BCUT2D eigenvalue weighted by Crippen LogP contribution is 2.13. The second kappa shape index (κ2) is 7.13. The lowest BCUT2D eigenvalue weighted by Crippen LogP contribution is -2.23. The predicted molar refractivity (Wildman–Crippen MR) is 76.3 cm³/mol. The number of anilines is 1. The van der Waals surface area contributed by atoms with Gasteiger partial charge in [0.15, 0.2) is 0 Å². The van der Waals surface area contributed by atoms with Gasteiger partial charge in [-0.15, -0.1) is 11.3 Å². The molecule has 0 fully saturated rings. The van der Waals surface area contributed by atoms with E-state index < -0.39 is 6.10 Å². The van der Waals surface area contributed by atoms with Gasteiger partial charge in [-0.25, -0.2) is 0 Å². The first-order chi connectivity index (χ1) is 9.24. The van der Waals surface area contributed by atoms with Crippen LogP contribution < -0.4 is 10.5 Å². The van der Waals surface area contributed by atoms with E-state index in [1.54, 1.807) is 35.6 Å². The number of ether oxygens (including phenoxy) is 2. The number of nitrogens with two attached hydrogens (primary N) is 1. The minimum Gasteiger partial charge on any atom is -0.491 e. The molecule has 1 atom stereocenters. The van der Waals surface area contributed by atoms with Crippen LogP contribution >= 0.6 is 11.3 Å². The van der Waals surface area contributed by atoms with Crippen LogP contribution in [0.5, 0.6) is 5.75 Å². The summed E-state index contributed by atoms with van der Waals surface area (Å²) in [6.07, 6.45) is -0.641. The molecule has 0 aliphatic heterocycles. The Bertz CT molecular complexity index is 470. The third kappa shape index (κ3) is 4.90. The average molecular weight is 279 g/mol. The molecule has 0 saturated carbocycles. The highest BCUT2D eigenvalue weighted by molar-refractivity contribution is 7.09. The molecular weight excluding hydrogens is 262 g/mol. The zero-order valence-electron chi connectivity index (χ0n) is 10.5. The van der Waals surface area contributed by atoms with Crippen LogP contribution in [0.4, 0.5) is 5.69 Å². The van der Waals surface area contributed by atoms with Crippen molar-refractivity contribution in [1.29, 1.82) is 0 Å². The van der Waals surface area contributed by atoms with E-state index in [2.05, 4.69) is 0 Å². The van der Waals surface area contributed by atoms with Crippen molar-refractivity contribution in [2.75, 3.05) is 18.9 Å². The van der Waals surface area contributed by atoms with Crippen LogP contribution in [-0.2, 0) is 11.3 Å². The molecule has 2 rings (SSSR count). The number of nitrogen functional groups attached to an aromatic ring is 1. The molecule has 0 bridgehead atoms. The van der Waals surface area contributed by atoms with Crippen LogP contribution in [0.1, 0.15) is 4.88 Å². The van der Waals surface area contributed by atoms with Crippen LogP contribution in [0.3, 0.4) is 0 Å². The standard InChI is InChI=1S/C14H17NO3S/c15-11-3-5-13(6-4-11)18-9-12(16)8-17-10-14-2-1-7-19-14/h1-7,12,16H,8-10,15H2. The summed E-state index contributed by atoms with van der Waals surface area (Å²) in [4.78, 5) is 1.15. The molecule has 3 N–H and O–H groups in total. The van der Waals surface area contributed by atoms with Crippen molar-refractivity contribution < 1.29 is 14.6 Å². The summed E-state index contributed by atoms with van der Waals surface area (Å²) in [6.45, 7) is 0.984. The maximum atomic E-state index is 9.72. The SMILES string of the molecule is Nc1ccc(OCC(O)COCc2cccs2)cc1. The third-order valence-electron chi connectivity index (χ3n) is 2.46. The number of aliphatic hydroxyl groups is 1. The first-order valence-corrected chi connectivity index (χ1v) is 6.88. The van der Waals surface area contributed by atoms with Crippen LogP contribution in [0.15, 0.2) is 41.8 Å². The summed E-state index contributed by atoms with van der Waals surface area (Å²) in [7, 11) is 0. The zero-order chi connectivity index (χ0) is 13.5. The van der Waals surface area contributed by atoms with E-state index in [1.165, 1.54) is 0 Å². The van der Waals surface area contributed by atoms with E-state index in [0.29, 0.717) is 18.0 Å². The minimum absolute atomic E-state index is 0.203. The van der Waals surface area contributed by atoms with Gasteiger partial charge < -0.3 is 20.3 Å². The van der Waals surface area contributed by atoms with Crippen molar-refractivity contribution in [2.45, 2.75) is 12.7 Å². The molecule has 0 saturated heterocycles. The predicted octanol–water partition coefficient (Wildman–Crippen LogP) is 2.29. The topological polar surface area (TPSA) is 64.7 Å². The van der Waals surface area contributed by atoms with Crippen molar-refractivity contribution in [3.8, 4) is 5.75 Å². The molecule has 1 aromatic heterocycles. The van der Waals surface area contributed by atoms with Crippen LogP contribution in [0.25, 0.3) is 0 Å². The summed E-state index contributed by atoms with van der Waals surface area (Å²) in [6, 6.07) is 11.0. The second-order valence-electron chi connectivity index (χ2n) is 4.13. The van der Waals surface area contributed by atoms with E-state index in [0.717, 1.165) is 4.88 Å². The maximum absolute atomic E-state index is 9.72. The van der Waals surface area contributed by atoms with Crippen LogP contribution in [0.2, 0.25) is 0 Å². The number of hydrogen-bond acceptors (Lipinski definition) is 5. The van der Waals surface area contributed by atoms with E-state index in [1.807, 2.05) is 17.5 Å². The molecule has 0 aliphatic rings. The van der Waals surface area contributed by atoms with E-state index >= 15 is 0 Å². The Morgan fingerprint density at radius 1 is 1.16 bits per heavy atom. The fraction of sp³-hybridized carbons (Fsp3) is 0.286. The average Bonchev–Trinajstić information content (AvgIpc) is 2.91. The zero-order valence-corrected chi connectivity index (χ0v) is 11.3. The molecule has 2 aromatic rings. The largest absolute Gasteiger partial charge is 0.491 e. The van der Waals surface area contributed by atoms with Crippen molar-refractivity contribution in [3.63, 3.8) is 0 Å². The Morgan fingerprint density at radius 2 is 1.95 bits per heavy atom. The lowest BCUT2D eigenvalue weighted by Gasteiger charge is -2.12. The first-order valence-electron chi connectivity index (χ1n) is 6.00. The number of benzene rings is 1. The van der Waals surface area contributed by atoms with Crippen molar-refractivity contribution in [3.05, 3.63) is 46.7 Å². The van der Waals surface area contributed by atoms with E-state index in [-0.39, 0.29) is 13.2 Å². The Balaban J connectivity index is 1.64. The summed E-state index contributed by atoms with van der Waals surface area (Å²) in [5.74, 6) is 0.687. The fourth-order valence-electron chi connectivity index (χ4n) is 1.49. The molecule has 0 amide bonds. The summed E-state index contributed by atoms with van der Waals surface area (Å²) >= 11 is 1.64. The maximum Gasteiger partial charge on any atom is 0.119 e. The molecule has 5 heteroatoms. The quantitative estimate of drug-likeness (QED) is 0.763. The molecule has 4 nitrogen and oxygen atoms in total. The van der Waals surface area contributed by atoms with Gasteiger partial charge in [0.25, 0.3) is 0 Å². The number of rotatable bonds is 7. The molecular formula is C14H17NO3S. The van der Waals surface area contributed by atoms with Gasteiger partial charge in [0.05, 0.1) is 13.2 Å². The Morgan fingerprint density at radius 3 is 2.63 bits per heavy atom. The summed E-state index contributed by atoms with van der Waals surface area (Å²) in [5.41, 5.74) is 6.26. The normalized spacial score (nSPS) is 12.3. The molecule has 19 heavy (non-hydrogen) atoms. The van der Waals surface area contributed by atoms with Crippen LogP contribution in [-0.4, -0.2) is 24.4 Å². The van der Waals surface area contributed by atoms with Gasteiger partial charge in [0.1, 0.15) is 18.5 Å². The Kier molecular flexibility index (Phi) is 5.20. The molecule has 1 unspecified atom stereocenters. The van der Waals surface area contributed by atoms with Gasteiger partial charge in [-0.3, -0.25) is 0 Å².